The van der Waals surface area contributed by atoms with Crippen LogP contribution in [-0.2, 0) is 14.6 Å². The number of hydrogen-bond donors (Lipinski definition) is 1. The number of sulfone groups is 1. The third-order valence-corrected chi connectivity index (χ3v) is 7.93. The predicted octanol–water partition coefficient (Wildman–Crippen LogP) is 0.779. The summed E-state index contributed by atoms with van der Waals surface area (Å²) in [6, 6.07) is 0. The van der Waals surface area contributed by atoms with Crippen molar-refractivity contribution in [1.82, 2.24) is 4.90 Å². The van der Waals surface area contributed by atoms with Crippen molar-refractivity contribution in [3.05, 3.63) is 0 Å². The van der Waals surface area contributed by atoms with E-state index in [4.69, 9.17) is 18.0 Å². The highest BCUT2D eigenvalue weighted by Crippen LogP contribution is 2.44. The van der Waals surface area contributed by atoms with E-state index in [2.05, 4.69) is 0 Å². The van der Waals surface area contributed by atoms with E-state index in [1.807, 2.05) is 0 Å². The first-order valence-corrected chi connectivity index (χ1v) is 10.0. The first kappa shape index (κ1) is 16.0. The summed E-state index contributed by atoms with van der Waals surface area (Å²) in [5.74, 6) is 1.06. The molecule has 0 spiro atoms. The van der Waals surface area contributed by atoms with Gasteiger partial charge in [-0.05, 0) is 12.8 Å². The highest BCUT2D eigenvalue weighted by molar-refractivity contribution is 8.01. The number of hydrogen-bond acceptors (Lipinski definition) is 5. The van der Waals surface area contributed by atoms with Gasteiger partial charge in [-0.1, -0.05) is 25.6 Å². The Bertz CT molecular complexity index is 514. The van der Waals surface area contributed by atoms with E-state index in [-0.39, 0.29) is 16.6 Å². The molecule has 20 heavy (non-hydrogen) atoms. The summed E-state index contributed by atoms with van der Waals surface area (Å²) < 4.78 is 24.4. The number of carbonyl (C=O) groups excluding carboxylic acids is 1. The monoisotopic (exact) mass is 336 g/mol. The van der Waals surface area contributed by atoms with Crippen LogP contribution in [0.25, 0.3) is 0 Å². The van der Waals surface area contributed by atoms with Crippen molar-refractivity contribution in [1.29, 1.82) is 0 Å². The van der Waals surface area contributed by atoms with Crippen LogP contribution in [0, 0.1) is 5.41 Å². The molecule has 1 aliphatic heterocycles. The van der Waals surface area contributed by atoms with Crippen molar-refractivity contribution in [3.63, 3.8) is 0 Å². The molecule has 0 aromatic heterocycles. The molecule has 1 heterocycles. The third-order valence-electron chi connectivity index (χ3n) is 4.25. The van der Waals surface area contributed by atoms with Gasteiger partial charge in [0.25, 0.3) is 0 Å². The quantitative estimate of drug-likeness (QED) is 0.764. The van der Waals surface area contributed by atoms with Gasteiger partial charge >= 0.3 is 0 Å². The maximum absolute atomic E-state index is 12.8. The molecule has 0 radical (unpaired) electrons. The van der Waals surface area contributed by atoms with Gasteiger partial charge in [0.1, 0.15) is 5.37 Å². The molecule has 0 aromatic carbocycles. The minimum Gasteiger partial charge on any atom is -0.392 e. The van der Waals surface area contributed by atoms with E-state index >= 15 is 0 Å². The summed E-state index contributed by atoms with van der Waals surface area (Å²) in [4.78, 5) is 14.5. The molecule has 0 bridgehead atoms. The second-order valence-electron chi connectivity index (χ2n) is 5.28. The molecule has 1 saturated carbocycles. The molecule has 2 rings (SSSR count). The van der Waals surface area contributed by atoms with E-state index in [1.165, 1.54) is 4.90 Å². The molecule has 2 fully saturated rings. The van der Waals surface area contributed by atoms with Crippen molar-refractivity contribution < 1.29 is 13.2 Å². The maximum atomic E-state index is 12.8. The van der Waals surface area contributed by atoms with E-state index in [0.29, 0.717) is 25.1 Å². The molecule has 1 aliphatic carbocycles. The van der Waals surface area contributed by atoms with Gasteiger partial charge in [-0.3, -0.25) is 4.79 Å². The molecule has 1 amide bonds. The highest BCUT2D eigenvalue weighted by Gasteiger charge is 2.51. The molecule has 1 unspecified atom stereocenters. The zero-order chi connectivity index (χ0) is 15.0. The van der Waals surface area contributed by atoms with Gasteiger partial charge in [-0.15, -0.1) is 0 Å². The highest BCUT2D eigenvalue weighted by atomic mass is 32.2. The van der Waals surface area contributed by atoms with E-state index in [9.17, 15) is 13.2 Å². The fraction of sp³-hybridized carbons (Fsp3) is 0.833. The van der Waals surface area contributed by atoms with Crippen LogP contribution in [0.2, 0.25) is 0 Å². The Morgan fingerprint density at radius 2 is 2.15 bits per heavy atom. The molecular weight excluding hydrogens is 316 g/mol. The van der Waals surface area contributed by atoms with E-state index in [0.717, 1.165) is 12.2 Å². The second kappa shape index (κ2) is 5.81. The Kier molecular flexibility index (Phi) is 4.66. The second-order valence-corrected chi connectivity index (χ2v) is 9.32. The van der Waals surface area contributed by atoms with Crippen LogP contribution in [0.15, 0.2) is 0 Å². The normalized spacial score (nSPS) is 25.9. The summed E-state index contributed by atoms with van der Waals surface area (Å²) in [5.41, 5.74) is 4.96. The van der Waals surface area contributed by atoms with Crippen LogP contribution < -0.4 is 5.73 Å². The van der Waals surface area contributed by atoms with Crippen molar-refractivity contribution in [2.45, 2.75) is 31.6 Å². The van der Waals surface area contributed by atoms with E-state index < -0.39 is 20.6 Å². The molecule has 2 aliphatic rings. The zero-order valence-corrected chi connectivity index (χ0v) is 14.0. The summed E-state index contributed by atoms with van der Waals surface area (Å²) in [5, 5.41) is -0.731. The van der Waals surface area contributed by atoms with Gasteiger partial charge in [0.15, 0.2) is 9.84 Å². The Labute approximate surface area is 129 Å². The Hall–Kier alpha value is -0.340. The lowest BCUT2D eigenvalue weighted by atomic mass is 9.67. The van der Waals surface area contributed by atoms with Crippen molar-refractivity contribution in [2.75, 3.05) is 23.8 Å². The lowest BCUT2D eigenvalue weighted by Gasteiger charge is -2.45. The SMILES string of the molecule is CCS(=O)(=O)C1CSCCN1C(=O)C1(C(N)=S)CCC1. The topological polar surface area (TPSA) is 80.5 Å². The summed E-state index contributed by atoms with van der Waals surface area (Å²) in [6.45, 7) is 2.07. The van der Waals surface area contributed by atoms with Crippen LogP contribution in [0.1, 0.15) is 26.2 Å². The fourth-order valence-electron chi connectivity index (χ4n) is 2.67. The van der Waals surface area contributed by atoms with Crippen LogP contribution >= 0.6 is 24.0 Å². The van der Waals surface area contributed by atoms with Gasteiger partial charge in [0.2, 0.25) is 5.91 Å². The number of thioether (sulfide) groups is 1. The smallest absolute Gasteiger partial charge is 0.236 e. The van der Waals surface area contributed by atoms with E-state index in [1.54, 1.807) is 18.7 Å². The molecule has 5 nitrogen and oxygen atoms in total. The van der Waals surface area contributed by atoms with Gasteiger partial charge in [0.05, 0.1) is 10.4 Å². The molecule has 2 N–H and O–H groups in total. The number of thiocarbonyl (C=S) groups is 1. The first-order chi connectivity index (χ1) is 9.35. The largest absolute Gasteiger partial charge is 0.392 e. The van der Waals surface area contributed by atoms with Crippen LogP contribution in [0.3, 0.4) is 0 Å². The summed E-state index contributed by atoms with van der Waals surface area (Å²) in [6.07, 6.45) is 2.20. The Morgan fingerprint density at radius 1 is 1.50 bits per heavy atom. The number of nitrogens with zero attached hydrogens (tertiary/aromatic N) is 1. The fourth-order valence-corrected chi connectivity index (χ4v) is 5.93. The van der Waals surface area contributed by atoms with Gasteiger partial charge in [0, 0.05) is 23.8 Å². The van der Waals surface area contributed by atoms with Gasteiger partial charge in [-0.25, -0.2) is 8.42 Å². The van der Waals surface area contributed by atoms with Crippen molar-refractivity contribution in [2.24, 2.45) is 11.1 Å². The van der Waals surface area contributed by atoms with Crippen LogP contribution in [-0.4, -0.2) is 53.4 Å². The number of rotatable bonds is 4. The maximum Gasteiger partial charge on any atom is 0.236 e. The summed E-state index contributed by atoms with van der Waals surface area (Å²) >= 11 is 6.64. The standard InChI is InChI=1S/C12H20N2O3S3/c1-2-20(16,17)9-8-19-7-6-14(9)11(15)12(10(13)18)4-3-5-12/h9H,2-8H2,1H3,(H2,13,18). The van der Waals surface area contributed by atoms with Crippen molar-refractivity contribution >= 4 is 44.7 Å². The minimum absolute atomic E-state index is 0.0437. The number of carbonyl (C=O) groups is 1. The molecule has 1 saturated heterocycles. The zero-order valence-electron chi connectivity index (χ0n) is 11.5. The Balaban J connectivity index is 2.29. The predicted molar refractivity (Wildman–Crippen MR) is 85.4 cm³/mol. The molecule has 114 valence electrons. The number of nitrogens with two attached hydrogens (primary N) is 1. The molecule has 1 atom stereocenters. The third kappa shape index (κ3) is 2.57. The summed E-state index contributed by atoms with van der Waals surface area (Å²) in [7, 11) is -3.29. The lowest BCUT2D eigenvalue weighted by Crippen LogP contribution is -2.60. The average Bonchev–Trinajstić information content (AvgIpc) is 2.36. The first-order valence-electron chi connectivity index (χ1n) is 6.75. The minimum atomic E-state index is -3.29. The lowest BCUT2D eigenvalue weighted by molar-refractivity contribution is -0.142. The Morgan fingerprint density at radius 3 is 2.60 bits per heavy atom. The molecular formula is C12H20N2O3S3. The van der Waals surface area contributed by atoms with Crippen molar-refractivity contribution in [3.8, 4) is 0 Å². The molecule has 8 heteroatoms. The van der Waals surface area contributed by atoms with Gasteiger partial charge < -0.3 is 10.6 Å². The van der Waals surface area contributed by atoms with Crippen LogP contribution in [0.5, 0.6) is 0 Å². The molecule has 0 aromatic rings. The van der Waals surface area contributed by atoms with Crippen LogP contribution in [0.4, 0.5) is 0 Å². The van der Waals surface area contributed by atoms with Gasteiger partial charge in [-0.2, -0.15) is 11.8 Å². The average molecular weight is 337 g/mol. The number of amides is 1.